The van der Waals surface area contributed by atoms with Gasteiger partial charge in [-0.1, -0.05) is 17.7 Å². The Kier molecular flexibility index (Phi) is 7.55. The van der Waals surface area contributed by atoms with E-state index in [1.54, 1.807) is 24.0 Å². The molecule has 0 N–H and O–H groups in total. The topological polar surface area (TPSA) is 53.1 Å². The highest BCUT2D eigenvalue weighted by atomic mass is 35.5. The highest BCUT2D eigenvalue weighted by Crippen LogP contribution is 2.44. The molecule has 0 aromatic heterocycles. The molecule has 3 aromatic rings. The lowest BCUT2D eigenvalue weighted by Gasteiger charge is -2.43. The molecule has 188 valence electrons. The average Bonchev–Trinajstić information content (AvgIpc) is 2.85. The number of amides is 2. The van der Waals surface area contributed by atoms with Gasteiger partial charge in [-0.3, -0.25) is 9.59 Å². The highest BCUT2D eigenvalue weighted by molar-refractivity contribution is 6.30. The first-order valence-electron chi connectivity index (χ1n) is 12.1. The molecule has 3 aromatic carbocycles. The molecule has 0 saturated carbocycles. The fourth-order valence-corrected chi connectivity index (χ4v) is 4.97. The Bertz CT molecular complexity index is 1240. The molecule has 4 rings (SSSR count). The van der Waals surface area contributed by atoms with Crippen LogP contribution >= 0.6 is 11.6 Å². The number of anilines is 3. The third-order valence-corrected chi connectivity index (χ3v) is 6.79. The van der Waals surface area contributed by atoms with Crippen LogP contribution in [0.4, 0.5) is 17.1 Å². The van der Waals surface area contributed by atoms with Crippen molar-refractivity contribution >= 4 is 40.5 Å². The molecular formula is C29H32ClN3O3. The minimum absolute atomic E-state index is 0.0755. The Morgan fingerprint density at radius 3 is 2.22 bits per heavy atom. The first kappa shape index (κ1) is 25.6. The molecule has 36 heavy (non-hydrogen) atoms. The Morgan fingerprint density at radius 1 is 1.00 bits per heavy atom. The highest BCUT2D eigenvalue weighted by Gasteiger charge is 2.38. The van der Waals surface area contributed by atoms with Crippen LogP contribution in [0.1, 0.15) is 49.2 Å². The summed E-state index contributed by atoms with van der Waals surface area (Å²) in [5.41, 5.74) is 4.06. The van der Waals surface area contributed by atoms with E-state index in [9.17, 15) is 9.59 Å². The molecular weight excluding hydrogens is 474 g/mol. The Balaban J connectivity index is 1.80. The first-order valence-corrected chi connectivity index (χ1v) is 12.5. The third kappa shape index (κ3) is 5.05. The van der Waals surface area contributed by atoms with E-state index in [0.717, 1.165) is 22.6 Å². The van der Waals surface area contributed by atoms with Gasteiger partial charge in [0, 0.05) is 55.1 Å². The van der Waals surface area contributed by atoms with Crippen LogP contribution in [-0.2, 0) is 4.79 Å². The fraction of sp³-hybridized carbons (Fsp3) is 0.310. The van der Waals surface area contributed by atoms with Crippen LogP contribution < -0.4 is 19.4 Å². The number of halogens is 1. The van der Waals surface area contributed by atoms with E-state index < -0.39 is 0 Å². The number of carbonyl (C=O) groups excluding carboxylic acids is 2. The lowest BCUT2D eigenvalue weighted by molar-refractivity contribution is -0.117. The number of ether oxygens (including phenoxy) is 1. The fourth-order valence-electron chi connectivity index (χ4n) is 4.84. The van der Waals surface area contributed by atoms with Gasteiger partial charge in [0.25, 0.3) is 5.91 Å². The summed E-state index contributed by atoms with van der Waals surface area (Å²) in [7, 11) is 3.94. The van der Waals surface area contributed by atoms with E-state index in [4.69, 9.17) is 16.3 Å². The van der Waals surface area contributed by atoms with Crippen molar-refractivity contribution in [3.8, 4) is 5.75 Å². The van der Waals surface area contributed by atoms with E-state index in [1.807, 2.05) is 92.3 Å². The predicted octanol–water partition coefficient (Wildman–Crippen LogP) is 6.34. The summed E-state index contributed by atoms with van der Waals surface area (Å²) < 4.78 is 5.79. The van der Waals surface area contributed by atoms with Gasteiger partial charge in [-0.05, 0) is 80.4 Å². The number of benzene rings is 3. The molecule has 0 radical (unpaired) electrons. The van der Waals surface area contributed by atoms with Crippen LogP contribution in [0.3, 0.4) is 0 Å². The summed E-state index contributed by atoms with van der Waals surface area (Å²) in [6, 6.07) is 20.3. The molecule has 0 bridgehead atoms. The molecule has 0 aliphatic carbocycles. The van der Waals surface area contributed by atoms with Crippen molar-refractivity contribution < 1.29 is 14.3 Å². The van der Waals surface area contributed by atoms with Crippen molar-refractivity contribution in [2.24, 2.45) is 0 Å². The van der Waals surface area contributed by atoms with Crippen molar-refractivity contribution in [2.45, 2.75) is 39.3 Å². The van der Waals surface area contributed by atoms with Crippen molar-refractivity contribution in [1.82, 2.24) is 0 Å². The maximum Gasteiger partial charge on any atom is 0.258 e. The second-order valence-corrected chi connectivity index (χ2v) is 9.67. The van der Waals surface area contributed by atoms with Crippen LogP contribution in [0.5, 0.6) is 5.75 Å². The summed E-state index contributed by atoms with van der Waals surface area (Å²) in [4.78, 5) is 32.4. The zero-order valence-corrected chi connectivity index (χ0v) is 22.1. The minimum Gasteiger partial charge on any atom is -0.494 e. The summed E-state index contributed by atoms with van der Waals surface area (Å²) in [6.07, 6.45) is 0.588. The van der Waals surface area contributed by atoms with Crippen molar-refractivity contribution in [2.75, 3.05) is 35.4 Å². The minimum atomic E-state index is -0.246. The zero-order valence-electron chi connectivity index (χ0n) is 21.4. The molecule has 2 unspecified atom stereocenters. The van der Waals surface area contributed by atoms with Crippen LogP contribution in [0.2, 0.25) is 5.02 Å². The van der Waals surface area contributed by atoms with E-state index in [2.05, 4.69) is 0 Å². The van der Waals surface area contributed by atoms with Gasteiger partial charge in [0.2, 0.25) is 5.91 Å². The predicted molar refractivity (Wildman–Crippen MR) is 147 cm³/mol. The molecule has 7 heteroatoms. The lowest BCUT2D eigenvalue weighted by Crippen LogP contribution is -2.47. The average molecular weight is 506 g/mol. The van der Waals surface area contributed by atoms with E-state index in [1.165, 1.54) is 0 Å². The van der Waals surface area contributed by atoms with E-state index in [-0.39, 0.29) is 23.9 Å². The van der Waals surface area contributed by atoms with Crippen molar-refractivity contribution in [3.63, 3.8) is 0 Å². The van der Waals surface area contributed by atoms with Gasteiger partial charge in [0.15, 0.2) is 0 Å². The van der Waals surface area contributed by atoms with Gasteiger partial charge >= 0.3 is 0 Å². The number of fused-ring (bicyclic) bond motifs is 1. The maximum atomic E-state index is 13.8. The van der Waals surface area contributed by atoms with Crippen LogP contribution in [-0.4, -0.2) is 38.6 Å². The van der Waals surface area contributed by atoms with Gasteiger partial charge in [0.05, 0.1) is 18.3 Å². The summed E-state index contributed by atoms with van der Waals surface area (Å²) in [6.45, 7) is 6.03. The quantitative estimate of drug-likeness (QED) is 0.392. The summed E-state index contributed by atoms with van der Waals surface area (Å²) in [5, 5.41) is 0.609. The largest absolute Gasteiger partial charge is 0.494 e. The molecule has 1 heterocycles. The first-order chi connectivity index (χ1) is 17.2. The van der Waals surface area contributed by atoms with Crippen LogP contribution in [0.15, 0.2) is 66.7 Å². The van der Waals surface area contributed by atoms with Gasteiger partial charge in [0.1, 0.15) is 5.75 Å². The van der Waals surface area contributed by atoms with Crippen molar-refractivity contribution in [1.29, 1.82) is 0 Å². The number of carbonyl (C=O) groups is 2. The molecule has 0 fully saturated rings. The van der Waals surface area contributed by atoms with Crippen LogP contribution in [0, 0.1) is 0 Å². The molecule has 1 aliphatic rings. The molecule has 1 aliphatic heterocycles. The summed E-state index contributed by atoms with van der Waals surface area (Å²) >= 11 is 6.11. The van der Waals surface area contributed by atoms with Gasteiger partial charge in [-0.2, -0.15) is 0 Å². The number of nitrogens with zero attached hydrogens (tertiary/aromatic N) is 3. The number of hydrogen-bond acceptors (Lipinski definition) is 4. The second kappa shape index (κ2) is 10.6. The lowest BCUT2D eigenvalue weighted by atomic mass is 9.89. The Morgan fingerprint density at radius 2 is 1.64 bits per heavy atom. The third-order valence-electron chi connectivity index (χ3n) is 6.54. The number of hydrogen-bond donors (Lipinski definition) is 0. The van der Waals surface area contributed by atoms with Crippen LogP contribution in [0.25, 0.3) is 0 Å². The van der Waals surface area contributed by atoms with E-state index >= 15 is 0 Å². The monoisotopic (exact) mass is 505 g/mol. The second-order valence-electron chi connectivity index (χ2n) is 9.24. The Hall–Kier alpha value is -3.51. The molecule has 6 nitrogen and oxygen atoms in total. The van der Waals surface area contributed by atoms with Gasteiger partial charge in [-0.15, -0.1) is 0 Å². The molecule has 2 atom stereocenters. The Labute approximate surface area is 218 Å². The zero-order chi connectivity index (χ0) is 26.0. The molecule has 2 amide bonds. The SMILES string of the molecule is CCOc1ccc2c(c1)N(C(=O)c1ccc(N(C)C)cc1)C(C)CC2N(C(C)=O)c1ccc(Cl)cc1. The van der Waals surface area contributed by atoms with Gasteiger partial charge < -0.3 is 19.4 Å². The molecule has 0 saturated heterocycles. The molecule has 0 spiro atoms. The smallest absolute Gasteiger partial charge is 0.258 e. The standard InChI is InChI=1S/C29H32ClN3O3/c1-6-36-25-15-16-26-27(33(20(3)34)24-13-9-22(30)10-14-24)17-19(2)32(28(26)18-25)29(35)21-7-11-23(12-8-21)31(4)5/h7-16,18-19,27H,6,17H2,1-5H3. The summed E-state index contributed by atoms with van der Waals surface area (Å²) in [5.74, 6) is 0.529. The number of rotatable bonds is 6. The van der Waals surface area contributed by atoms with Crippen molar-refractivity contribution in [3.05, 3.63) is 82.9 Å². The van der Waals surface area contributed by atoms with E-state index in [0.29, 0.717) is 29.4 Å². The maximum absolute atomic E-state index is 13.8. The van der Waals surface area contributed by atoms with Gasteiger partial charge in [-0.25, -0.2) is 0 Å². The normalized spacial score (nSPS) is 16.8.